The lowest BCUT2D eigenvalue weighted by Crippen LogP contribution is -2.46. The monoisotopic (exact) mass is 362 g/mol. The van der Waals surface area contributed by atoms with Gasteiger partial charge in [0.15, 0.2) is 0 Å². The van der Waals surface area contributed by atoms with Crippen LogP contribution in [0.1, 0.15) is 50.5 Å². The molecule has 1 aromatic rings. The van der Waals surface area contributed by atoms with Crippen molar-refractivity contribution >= 4 is 15.9 Å². The van der Waals surface area contributed by atoms with Crippen LogP contribution >= 0.6 is 0 Å². The molecule has 3 rings (SSSR count). The predicted molar refractivity (Wildman–Crippen MR) is 97.3 cm³/mol. The Morgan fingerprint density at radius 1 is 1.12 bits per heavy atom. The lowest BCUT2D eigenvalue weighted by Gasteiger charge is -2.12. The molecular weight excluding hydrogens is 336 g/mol. The number of hydrogen-bond donors (Lipinski definition) is 2. The van der Waals surface area contributed by atoms with Gasteiger partial charge in [-0.3, -0.25) is 4.79 Å². The first-order valence-corrected chi connectivity index (χ1v) is 10.5. The zero-order valence-corrected chi connectivity index (χ0v) is 15.2. The summed E-state index contributed by atoms with van der Waals surface area (Å²) in [4.78, 5) is 12.5. The third-order valence-electron chi connectivity index (χ3n) is 5.12. The molecule has 2 bridgehead atoms. The molecule has 2 atom stereocenters. The van der Waals surface area contributed by atoms with Crippen LogP contribution in [0.5, 0.6) is 0 Å². The van der Waals surface area contributed by atoms with Crippen molar-refractivity contribution in [2.45, 2.75) is 61.8 Å². The first-order chi connectivity index (χ1) is 11.9. The first-order valence-electron chi connectivity index (χ1n) is 9.03. The number of carbonyl (C=O) groups is 1. The van der Waals surface area contributed by atoms with E-state index in [9.17, 15) is 13.2 Å². The van der Waals surface area contributed by atoms with Crippen LogP contribution in [0.4, 0.5) is 0 Å². The molecule has 1 aliphatic carbocycles. The Morgan fingerprint density at radius 3 is 2.72 bits per heavy atom. The van der Waals surface area contributed by atoms with Crippen molar-refractivity contribution in [3.8, 4) is 0 Å². The molecule has 0 radical (unpaired) electrons. The van der Waals surface area contributed by atoms with Crippen molar-refractivity contribution in [1.82, 2.24) is 4.72 Å². The van der Waals surface area contributed by atoms with Crippen molar-refractivity contribution < 1.29 is 13.2 Å². The zero-order valence-electron chi connectivity index (χ0n) is 14.4. The number of hydrogen-bond acceptors (Lipinski definition) is 4. The highest BCUT2D eigenvalue weighted by Gasteiger charge is 2.56. The maximum atomic E-state index is 12.5. The van der Waals surface area contributed by atoms with Crippen molar-refractivity contribution in [2.24, 2.45) is 11.7 Å². The minimum atomic E-state index is -3.89. The fourth-order valence-electron chi connectivity index (χ4n) is 3.33. The summed E-state index contributed by atoms with van der Waals surface area (Å²) in [6.45, 7) is 0. The molecule has 2 aliphatic rings. The molecular formula is C19H26N2O3S. The molecule has 1 fully saturated rings. The average molecular weight is 362 g/mol. The van der Waals surface area contributed by atoms with E-state index in [0.29, 0.717) is 6.42 Å². The number of rotatable bonds is 0. The Labute approximate surface area is 149 Å². The van der Waals surface area contributed by atoms with Gasteiger partial charge in [-0.1, -0.05) is 43.5 Å². The second-order valence-corrected chi connectivity index (χ2v) is 8.85. The van der Waals surface area contributed by atoms with Gasteiger partial charge >= 0.3 is 0 Å². The van der Waals surface area contributed by atoms with Gasteiger partial charge < -0.3 is 5.73 Å². The summed E-state index contributed by atoms with van der Waals surface area (Å²) in [6.07, 6.45) is 12.1. The Hall–Kier alpha value is -1.66. The van der Waals surface area contributed by atoms with Crippen LogP contribution in [0.15, 0.2) is 41.3 Å². The molecule has 6 heteroatoms. The van der Waals surface area contributed by atoms with Gasteiger partial charge in [0.25, 0.3) is 15.9 Å². The van der Waals surface area contributed by atoms with E-state index < -0.39 is 21.5 Å². The van der Waals surface area contributed by atoms with Crippen LogP contribution in [0.3, 0.4) is 0 Å². The van der Waals surface area contributed by atoms with E-state index >= 15 is 0 Å². The van der Waals surface area contributed by atoms with Gasteiger partial charge in [-0.05, 0) is 49.8 Å². The number of carbonyl (C=O) groups excluding carboxylic acids is 1. The summed E-state index contributed by atoms with van der Waals surface area (Å²) in [5.74, 6) is -0.693. The Kier molecular flexibility index (Phi) is 5.29. The standard InChI is InChI=1S/C19H26N2O3S/c20-19-14-16(19)11-7-5-3-1-2-4-6-9-15-10-8-12-17(13-15)25(23,24)21-18(19)22/h7-8,10-13,16H,1-6,9,14,20H2,(H,21,22)/b11-7-/t16-,19+/m0/s1. The Balaban J connectivity index is 1.82. The molecule has 0 unspecified atom stereocenters. The van der Waals surface area contributed by atoms with Gasteiger partial charge in [-0.25, -0.2) is 13.1 Å². The smallest absolute Gasteiger partial charge is 0.264 e. The van der Waals surface area contributed by atoms with E-state index in [1.54, 1.807) is 12.1 Å². The highest BCUT2D eigenvalue weighted by Crippen LogP contribution is 2.42. The summed E-state index contributed by atoms with van der Waals surface area (Å²) in [5, 5.41) is 0. The van der Waals surface area contributed by atoms with Crippen LogP contribution in [-0.4, -0.2) is 19.9 Å². The third-order valence-corrected chi connectivity index (χ3v) is 6.45. The highest BCUT2D eigenvalue weighted by atomic mass is 32.2. The van der Waals surface area contributed by atoms with Crippen molar-refractivity contribution in [1.29, 1.82) is 0 Å². The van der Waals surface area contributed by atoms with Gasteiger partial charge in [0, 0.05) is 5.92 Å². The minimum Gasteiger partial charge on any atom is -0.317 e. The number of allylic oxidation sites excluding steroid dienone is 1. The molecule has 1 saturated carbocycles. The van der Waals surface area contributed by atoms with Gasteiger partial charge in [0.05, 0.1) is 4.90 Å². The number of aryl methyl sites for hydroxylation is 1. The Bertz CT molecular complexity index is 773. The van der Waals surface area contributed by atoms with E-state index in [2.05, 4.69) is 10.8 Å². The predicted octanol–water partition coefficient (Wildman–Crippen LogP) is 2.66. The average Bonchev–Trinajstić information content (AvgIpc) is 3.24. The lowest BCUT2D eigenvalue weighted by molar-refractivity contribution is -0.121. The molecule has 25 heavy (non-hydrogen) atoms. The summed E-state index contributed by atoms with van der Waals surface area (Å²) in [6, 6.07) is 6.83. The van der Waals surface area contributed by atoms with Crippen LogP contribution in [0.25, 0.3) is 0 Å². The summed E-state index contributed by atoms with van der Waals surface area (Å²) >= 11 is 0. The molecule has 3 N–H and O–H groups in total. The maximum Gasteiger partial charge on any atom is 0.264 e. The number of nitrogens with two attached hydrogens (primary N) is 1. The fraction of sp³-hybridized carbons (Fsp3) is 0.526. The molecule has 1 aromatic carbocycles. The summed E-state index contributed by atoms with van der Waals surface area (Å²) in [5.41, 5.74) is 5.98. The molecule has 0 aromatic heterocycles. The number of benzene rings is 1. The van der Waals surface area contributed by atoms with E-state index in [1.165, 1.54) is 18.9 Å². The topological polar surface area (TPSA) is 89.3 Å². The van der Waals surface area contributed by atoms with Gasteiger partial charge in [0.2, 0.25) is 0 Å². The molecule has 1 amide bonds. The number of fused-ring (bicyclic) bond motifs is 3. The van der Waals surface area contributed by atoms with E-state index in [4.69, 9.17) is 5.73 Å². The normalized spacial score (nSPS) is 31.2. The molecule has 1 heterocycles. The molecule has 0 saturated heterocycles. The minimum absolute atomic E-state index is 0.0790. The third kappa shape index (κ3) is 4.30. The second-order valence-electron chi connectivity index (χ2n) is 7.17. The summed E-state index contributed by atoms with van der Waals surface area (Å²) in [7, 11) is -3.89. The van der Waals surface area contributed by atoms with E-state index in [1.807, 2.05) is 12.1 Å². The molecule has 5 nitrogen and oxygen atoms in total. The fourth-order valence-corrected chi connectivity index (χ4v) is 4.45. The van der Waals surface area contributed by atoms with E-state index in [0.717, 1.165) is 37.7 Å². The Morgan fingerprint density at radius 2 is 1.88 bits per heavy atom. The molecule has 1 aliphatic heterocycles. The van der Waals surface area contributed by atoms with Gasteiger partial charge in [-0.2, -0.15) is 0 Å². The maximum absolute atomic E-state index is 12.5. The van der Waals surface area contributed by atoms with Crippen molar-refractivity contribution in [3.63, 3.8) is 0 Å². The van der Waals surface area contributed by atoms with Gasteiger partial charge in [-0.15, -0.1) is 0 Å². The van der Waals surface area contributed by atoms with Gasteiger partial charge in [0.1, 0.15) is 5.54 Å². The SMILES string of the molecule is N[C@]12C[C@@H]1/C=C\CCCCCCCc1cccc(c1)S(=O)(=O)NC2=O. The zero-order chi connectivity index (χ0) is 17.9. The number of sulfonamides is 1. The second kappa shape index (κ2) is 7.30. The number of nitrogens with one attached hydrogen (secondary N) is 1. The van der Waals surface area contributed by atoms with E-state index in [-0.39, 0.29) is 10.8 Å². The van der Waals surface area contributed by atoms with Crippen LogP contribution in [0.2, 0.25) is 0 Å². The van der Waals surface area contributed by atoms with Crippen molar-refractivity contribution in [2.75, 3.05) is 0 Å². The largest absolute Gasteiger partial charge is 0.317 e. The quantitative estimate of drug-likeness (QED) is 0.694. The van der Waals surface area contributed by atoms with Crippen LogP contribution in [-0.2, 0) is 21.2 Å². The summed E-state index contributed by atoms with van der Waals surface area (Å²) < 4.78 is 27.2. The first kappa shape index (κ1) is 18.1. The lowest BCUT2D eigenvalue weighted by atomic mass is 10.0. The van der Waals surface area contributed by atoms with Crippen LogP contribution < -0.4 is 10.5 Å². The molecule has 0 spiro atoms. The van der Waals surface area contributed by atoms with Crippen molar-refractivity contribution in [3.05, 3.63) is 42.0 Å². The highest BCUT2D eigenvalue weighted by molar-refractivity contribution is 7.90. The number of amides is 1. The van der Waals surface area contributed by atoms with Crippen LogP contribution in [0, 0.1) is 5.92 Å². The molecule has 136 valence electrons.